The van der Waals surface area contributed by atoms with Crippen molar-refractivity contribution in [1.29, 1.82) is 0 Å². The summed E-state index contributed by atoms with van der Waals surface area (Å²) in [5.74, 6) is -2.72. The van der Waals surface area contributed by atoms with Crippen LogP contribution in [0.1, 0.15) is 36.0 Å². The molecule has 8 heterocycles. The van der Waals surface area contributed by atoms with Gasteiger partial charge in [0.15, 0.2) is 23.7 Å². The van der Waals surface area contributed by atoms with Gasteiger partial charge in [0.2, 0.25) is 11.9 Å². The van der Waals surface area contributed by atoms with Crippen LogP contribution in [0.2, 0.25) is 0 Å². The molecular weight excluding hydrogens is 1520 g/mol. The van der Waals surface area contributed by atoms with Crippen molar-refractivity contribution in [3.8, 4) is 16.9 Å². The number of methoxy groups -OCH3 is 1. The standard InChI is InChI=1S/C20H20F2N4O2.C13H17IN4O.C7H7BF2O3.H22P20/c21-18-3-12(4-19(22)17(18)9-27)13-5-23-20(24-6-13)25-7-14-1-2-15(8-25)26(14)16-10-28-11-16;14-9-3-15-13(16-4-9)17-5-10-1-2-11(6-17)18(10)12-7-19-8-12;1-13-7-5(9)2-4(8(11)12)3-6(7)10;1-12(2)17(11)20(18(13(3)4)14(5)6)19(15(7)8)16(9)10/h3-6,9,14-16H,1-2,7-8,10-11H2;3-4,10-12H,1-2,5-8H2;2-3,11-12H,1H3;1-11H2. The number of hydrogen-bond acceptors (Lipinski definition) is 14. The molecule has 0 aliphatic carbocycles. The SMILES string of the molecule is COc1c(F)cc(B(O)O)cc1F.Ic1cnc(N2CC3CCC(C2)N3C2COC2)nc1.O=Cc1c(F)cc(-c2cnc(N3CC4CCC(C3)N4C3COC3)nc2)cc1F.PP(P)P(P)P(P(P(P)P)P(P)P)P(P(P)P)P(P)P. The molecule has 0 amide bonds. The summed E-state index contributed by atoms with van der Waals surface area (Å²) >= 11 is 2.25. The predicted molar refractivity (Wildman–Crippen MR) is 390 cm³/mol. The van der Waals surface area contributed by atoms with Crippen LogP contribution < -0.4 is 20.0 Å². The average Bonchev–Trinajstić information content (AvgIpc) is 3.80. The average molecular weight is 1590 g/mol. The molecule has 40 heteroatoms. The summed E-state index contributed by atoms with van der Waals surface area (Å²) in [5.41, 5.74) is -0.00320. The van der Waals surface area contributed by atoms with Crippen LogP contribution in [0.25, 0.3) is 11.1 Å². The number of piperazine rings is 2. The molecule has 6 saturated heterocycles. The second-order valence-corrected chi connectivity index (χ2v) is 98.6. The summed E-state index contributed by atoms with van der Waals surface area (Å²) in [6.07, 6.45) is 12.1. The van der Waals surface area contributed by atoms with Gasteiger partial charge in [-0.1, -0.05) is 0 Å². The maximum atomic E-state index is 13.9. The monoisotopic (exact) mass is 1590 g/mol. The Labute approximate surface area is 516 Å². The first-order valence-corrected chi connectivity index (χ1v) is 60.9. The summed E-state index contributed by atoms with van der Waals surface area (Å²) in [6.45, 7) is 8.01. The minimum atomic E-state index is -1.89. The highest BCUT2D eigenvalue weighted by Crippen LogP contribution is 3.30. The van der Waals surface area contributed by atoms with Gasteiger partial charge in [0.1, 0.15) is 11.6 Å². The molecule has 80 heavy (non-hydrogen) atoms. The Morgan fingerprint density at radius 1 is 0.575 bits per heavy atom. The van der Waals surface area contributed by atoms with E-state index in [4.69, 9.17) is 19.5 Å². The lowest BCUT2D eigenvalue weighted by Gasteiger charge is -2.47. The number of nitrogens with zero attached hydrogens (tertiary/aromatic N) is 8. The molecule has 14 nitrogen and oxygen atoms in total. The van der Waals surface area contributed by atoms with Gasteiger partial charge in [0.05, 0.1) is 51.2 Å². The molecule has 0 spiro atoms. The molecule has 440 valence electrons. The van der Waals surface area contributed by atoms with E-state index in [1.165, 1.54) is 25.7 Å². The van der Waals surface area contributed by atoms with Gasteiger partial charge >= 0.3 is 7.12 Å². The van der Waals surface area contributed by atoms with Crippen LogP contribution >= 0.6 is 184 Å². The molecular formula is C40H66BF4IN8O6P20. The van der Waals surface area contributed by atoms with E-state index in [-0.39, 0.29) is 74.6 Å². The van der Waals surface area contributed by atoms with Crippen molar-refractivity contribution in [1.82, 2.24) is 29.7 Å². The molecule has 6 aliphatic rings. The van der Waals surface area contributed by atoms with Crippen LogP contribution in [0.3, 0.4) is 0 Å². The van der Waals surface area contributed by atoms with Crippen molar-refractivity contribution in [2.45, 2.75) is 61.9 Å². The van der Waals surface area contributed by atoms with Crippen LogP contribution in [0.15, 0.2) is 49.1 Å². The number of fused-ring (bicyclic) bond motifs is 4. The molecule has 16 unspecified atom stereocenters. The molecule has 4 bridgehead atoms. The number of ether oxygens (including phenoxy) is 3. The van der Waals surface area contributed by atoms with Crippen molar-refractivity contribution in [2.75, 3.05) is 69.5 Å². The van der Waals surface area contributed by atoms with Crippen molar-refractivity contribution < 1.29 is 46.6 Å². The summed E-state index contributed by atoms with van der Waals surface area (Å²) in [5, 5.41) is 17.2. The molecule has 0 radical (unpaired) electrons. The summed E-state index contributed by atoms with van der Waals surface area (Å²) in [6, 6.07) is 7.38. The van der Waals surface area contributed by atoms with Gasteiger partial charge in [-0.05, 0) is 146 Å². The number of anilines is 2. The van der Waals surface area contributed by atoms with Gasteiger partial charge in [0, 0.05) is 84.3 Å². The Bertz CT molecular complexity index is 2560. The van der Waals surface area contributed by atoms with E-state index in [2.05, 4.69) is 165 Å². The number of aldehydes is 1. The first kappa shape index (κ1) is 72.0. The van der Waals surface area contributed by atoms with E-state index >= 15 is 0 Å². The Morgan fingerprint density at radius 2 is 0.950 bits per heavy atom. The number of rotatable bonds is 16. The van der Waals surface area contributed by atoms with Crippen LogP contribution in [-0.2, 0) is 9.47 Å². The van der Waals surface area contributed by atoms with Gasteiger partial charge in [-0.2, -0.15) is 0 Å². The Kier molecular flexibility index (Phi) is 31.0. The van der Waals surface area contributed by atoms with Crippen LogP contribution in [0.4, 0.5) is 29.5 Å². The van der Waals surface area contributed by atoms with E-state index in [0.29, 0.717) is 53.3 Å². The Morgan fingerprint density at radius 3 is 1.25 bits per heavy atom. The highest BCUT2D eigenvalue weighted by atomic mass is 127. The van der Waals surface area contributed by atoms with E-state index in [1.807, 2.05) is 12.4 Å². The second-order valence-electron chi connectivity index (χ2n) is 18.7. The smallest absolute Gasteiger partial charge is 0.488 e. The predicted octanol–water partition coefficient (Wildman–Crippen LogP) is 14.4. The maximum Gasteiger partial charge on any atom is 0.488 e. The number of carbonyl (C=O) groups is 1. The molecule has 2 aromatic carbocycles. The van der Waals surface area contributed by atoms with Crippen molar-refractivity contribution >= 4 is 214 Å². The molecule has 4 aromatic rings. The van der Waals surface area contributed by atoms with Crippen molar-refractivity contribution in [3.63, 3.8) is 0 Å². The molecule has 6 fully saturated rings. The van der Waals surface area contributed by atoms with E-state index in [1.54, 1.807) is 12.4 Å². The number of aromatic nitrogens is 4. The highest BCUT2D eigenvalue weighted by Gasteiger charge is 2.47. The zero-order valence-electron chi connectivity index (χ0n) is 43.1. The second kappa shape index (κ2) is 34.5. The van der Waals surface area contributed by atoms with E-state index < -0.39 is 41.7 Å². The van der Waals surface area contributed by atoms with Gasteiger partial charge < -0.3 is 34.1 Å². The van der Waals surface area contributed by atoms with Crippen LogP contribution in [0, 0.1) is 26.8 Å². The maximum absolute atomic E-state index is 13.9. The topological polar surface area (TPSA) is 150 Å². The summed E-state index contributed by atoms with van der Waals surface area (Å²) in [4.78, 5) is 38.4. The third-order valence-corrected chi connectivity index (χ3v) is 139. The van der Waals surface area contributed by atoms with E-state index in [9.17, 15) is 22.4 Å². The lowest BCUT2D eigenvalue weighted by atomic mass is 9.80. The first-order chi connectivity index (χ1) is 38.0. The molecule has 10 rings (SSSR count). The van der Waals surface area contributed by atoms with Crippen molar-refractivity contribution in [2.24, 2.45) is 0 Å². The van der Waals surface area contributed by atoms with Gasteiger partial charge in [0.25, 0.3) is 0 Å². The van der Waals surface area contributed by atoms with E-state index in [0.717, 1.165) is 93.5 Å². The van der Waals surface area contributed by atoms with Crippen molar-refractivity contribution in [3.05, 3.63) is 81.5 Å². The fourth-order valence-electron chi connectivity index (χ4n) is 10.0. The van der Waals surface area contributed by atoms with Gasteiger partial charge in [-0.3, -0.25) is 14.6 Å². The van der Waals surface area contributed by atoms with Crippen LogP contribution in [-0.4, -0.2) is 149 Å². The lowest BCUT2D eigenvalue weighted by Crippen LogP contribution is -2.62. The first-order valence-electron chi connectivity index (χ1n) is 24.3. The number of halogens is 5. The zero-order chi connectivity index (χ0) is 58.3. The molecule has 16 atom stereocenters. The largest absolute Gasteiger partial charge is 0.491 e. The van der Waals surface area contributed by atoms with Gasteiger partial charge in [-0.25, -0.2) is 37.5 Å². The molecule has 0 saturated carbocycles. The minimum Gasteiger partial charge on any atom is -0.491 e. The fourth-order valence-corrected chi connectivity index (χ4v) is 237. The molecule has 2 N–H and O–H groups in total. The minimum absolute atomic E-state index is 0.0247. The Hall–Kier alpha value is 4.54. The summed E-state index contributed by atoms with van der Waals surface area (Å²) in [7, 11) is 33.9. The highest BCUT2D eigenvalue weighted by molar-refractivity contribution is 14.1. The normalized spacial score (nSPS) is 21.6. The number of benzene rings is 2. The number of carbonyl (C=O) groups excluding carboxylic acids is 1. The lowest BCUT2D eigenvalue weighted by molar-refractivity contribution is -0.0851. The molecule has 6 aliphatic heterocycles. The number of hydrogen-bond donors (Lipinski definition) is 2. The van der Waals surface area contributed by atoms with Gasteiger partial charge in [-0.15, -0.1) is 98.2 Å². The fraction of sp³-hybridized carbons (Fsp3) is 0.475. The summed E-state index contributed by atoms with van der Waals surface area (Å²) < 4.78 is 69.7. The molecule has 2 aromatic heterocycles. The Balaban J connectivity index is 0.000000160. The zero-order valence-corrected chi connectivity index (χ0v) is 66.0. The third-order valence-electron chi connectivity index (χ3n) is 13.6. The van der Waals surface area contributed by atoms with Crippen LogP contribution in [0.5, 0.6) is 5.75 Å². The quantitative estimate of drug-likeness (QED) is 0.0360. The third kappa shape index (κ3) is 18.9.